The number of thiophene rings is 1. The van der Waals surface area contributed by atoms with E-state index < -0.39 is 0 Å². The third kappa shape index (κ3) is 4.31. The smallest absolute Gasteiger partial charge is 0.123 e. The Morgan fingerprint density at radius 3 is 2.17 bits per heavy atom. The minimum absolute atomic E-state index is 0.296. The summed E-state index contributed by atoms with van der Waals surface area (Å²) in [5, 5.41) is 17.2. The Morgan fingerprint density at radius 2 is 1.27 bits per heavy atom. The van der Waals surface area contributed by atoms with Crippen molar-refractivity contribution < 1.29 is 5.11 Å². The lowest BCUT2D eigenvalue weighted by molar-refractivity contribution is 0.477. The third-order valence-electron chi connectivity index (χ3n) is 10.9. The number of allylic oxidation sites excluding steroid dienone is 1. The second kappa shape index (κ2) is 11.3. The normalized spacial score (nSPS) is 12.8. The standard InChI is InChI=1S/C48H32N2OS/c51-45-20-9-6-15-35(45)32-11-10-14-34(27-32)50-42-19-8-5-17-38(42)47-44(50)25-23-37-40-29-31(22-26-46(40)52-48(37)47)30-21-24-43-39(28-30)36-16-4-7-18-41(36)49(43)33-12-2-1-3-13-33/h1-4,6-16,18-29,51H,5,17H2. The molecule has 0 radical (unpaired) electrons. The van der Waals surface area contributed by atoms with Crippen LogP contribution in [0.5, 0.6) is 5.75 Å². The lowest BCUT2D eigenvalue weighted by atomic mass is 9.98. The average Bonchev–Trinajstić information content (AvgIpc) is 3.85. The number of para-hydroxylation sites is 3. The summed E-state index contributed by atoms with van der Waals surface area (Å²) in [6, 6.07) is 54.1. The van der Waals surface area contributed by atoms with Crippen LogP contribution in [-0.4, -0.2) is 14.2 Å². The molecule has 1 aliphatic rings. The molecule has 3 aromatic heterocycles. The van der Waals surface area contributed by atoms with Gasteiger partial charge in [0.15, 0.2) is 0 Å². The molecule has 0 fully saturated rings. The summed E-state index contributed by atoms with van der Waals surface area (Å²) >= 11 is 1.91. The lowest BCUT2D eigenvalue weighted by Crippen LogP contribution is -2.00. The van der Waals surface area contributed by atoms with Crippen LogP contribution in [0.15, 0.2) is 158 Å². The van der Waals surface area contributed by atoms with Crippen LogP contribution in [-0.2, 0) is 6.42 Å². The summed E-state index contributed by atoms with van der Waals surface area (Å²) in [5.41, 5.74) is 12.9. The van der Waals surface area contributed by atoms with Gasteiger partial charge in [0.2, 0.25) is 0 Å². The highest BCUT2D eigenvalue weighted by Crippen LogP contribution is 2.45. The summed E-state index contributed by atoms with van der Waals surface area (Å²) in [5.74, 6) is 0.296. The second-order valence-electron chi connectivity index (χ2n) is 13.8. The van der Waals surface area contributed by atoms with Crippen LogP contribution in [0.25, 0.3) is 92.6 Å². The van der Waals surface area contributed by atoms with Crippen LogP contribution >= 0.6 is 11.3 Å². The molecule has 0 amide bonds. The molecular weight excluding hydrogens is 653 g/mol. The topological polar surface area (TPSA) is 30.1 Å². The van der Waals surface area contributed by atoms with Crippen molar-refractivity contribution in [3.63, 3.8) is 0 Å². The number of phenolic OH excluding ortho intramolecular Hbond substituents is 1. The van der Waals surface area contributed by atoms with E-state index in [1.165, 1.54) is 81.0 Å². The molecule has 11 rings (SSSR count). The number of rotatable bonds is 4. The molecule has 246 valence electrons. The van der Waals surface area contributed by atoms with Crippen molar-refractivity contribution in [2.45, 2.75) is 12.8 Å². The van der Waals surface area contributed by atoms with E-state index in [9.17, 15) is 5.11 Å². The van der Waals surface area contributed by atoms with Crippen molar-refractivity contribution >= 4 is 70.3 Å². The molecular formula is C48H32N2OS. The number of aryl methyl sites for hydroxylation is 1. The van der Waals surface area contributed by atoms with Crippen molar-refractivity contribution in [3.05, 3.63) is 169 Å². The number of aromatic nitrogens is 2. The molecule has 0 unspecified atom stereocenters. The molecule has 0 aliphatic heterocycles. The fraction of sp³-hybridized carbons (Fsp3) is 0.0417. The van der Waals surface area contributed by atoms with E-state index in [4.69, 9.17) is 0 Å². The first-order valence-electron chi connectivity index (χ1n) is 17.9. The first-order chi connectivity index (χ1) is 25.7. The Kier molecular flexibility index (Phi) is 6.40. The predicted octanol–water partition coefficient (Wildman–Crippen LogP) is 13.1. The molecule has 0 spiro atoms. The number of hydrogen-bond donors (Lipinski definition) is 1. The van der Waals surface area contributed by atoms with Gasteiger partial charge < -0.3 is 14.2 Å². The van der Waals surface area contributed by atoms with Gasteiger partial charge in [-0.05, 0) is 108 Å². The van der Waals surface area contributed by atoms with Crippen molar-refractivity contribution in [1.29, 1.82) is 0 Å². The van der Waals surface area contributed by atoms with E-state index in [0.717, 1.165) is 29.7 Å². The van der Waals surface area contributed by atoms with Crippen LogP contribution in [0.4, 0.5) is 0 Å². The third-order valence-corrected chi connectivity index (χ3v) is 12.1. The highest BCUT2D eigenvalue weighted by molar-refractivity contribution is 7.26. The summed E-state index contributed by atoms with van der Waals surface area (Å²) in [4.78, 5) is 0. The first kappa shape index (κ1) is 29.4. The molecule has 1 aliphatic carbocycles. The van der Waals surface area contributed by atoms with E-state index in [-0.39, 0.29) is 0 Å². The minimum atomic E-state index is 0.296. The Morgan fingerprint density at radius 1 is 0.519 bits per heavy atom. The maximum atomic E-state index is 10.6. The summed E-state index contributed by atoms with van der Waals surface area (Å²) in [7, 11) is 0. The van der Waals surface area contributed by atoms with E-state index in [1.807, 2.05) is 29.5 Å². The highest BCUT2D eigenvalue weighted by atomic mass is 32.1. The van der Waals surface area contributed by atoms with Crippen LogP contribution < -0.4 is 0 Å². The van der Waals surface area contributed by atoms with Gasteiger partial charge in [-0.2, -0.15) is 0 Å². The number of hydrogen-bond acceptors (Lipinski definition) is 2. The first-order valence-corrected chi connectivity index (χ1v) is 18.7. The number of benzene rings is 7. The van der Waals surface area contributed by atoms with Gasteiger partial charge in [0.1, 0.15) is 5.75 Å². The minimum Gasteiger partial charge on any atom is -0.507 e. The summed E-state index contributed by atoms with van der Waals surface area (Å²) < 4.78 is 7.45. The molecule has 52 heavy (non-hydrogen) atoms. The Labute approximate surface area is 304 Å². The van der Waals surface area contributed by atoms with E-state index in [1.54, 1.807) is 6.07 Å². The van der Waals surface area contributed by atoms with Crippen molar-refractivity contribution in [3.8, 4) is 39.4 Å². The van der Waals surface area contributed by atoms with Gasteiger partial charge in [-0.15, -0.1) is 11.3 Å². The van der Waals surface area contributed by atoms with Gasteiger partial charge in [0, 0.05) is 59.0 Å². The number of aromatic hydroxyl groups is 1. The Balaban J connectivity index is 1.08. The number of fused-ring (bicyclic) bond motifs is 10. The number of phenols is 1. The highest BCUT2D eigenvalue weighted by Gasteiger charge is 2.23. The number of nitrogens with zero attached hydrogens (tertiary/aromatic N) is 2. The van der Waals surface area contributed by atoms with Crippen molar-refractivity contribution in [2.75, 3.05) is 0 Å². The average molecular weight is 685 g/mol. The molecule has 10 aromatic rings. The van der Waals surface area contributed by atoms with Crippen LogP contribution in [0.2, 0.25) is 0 Å². The molecule has 4 heteroatoms. The zero-order valence-corrected chi connectivity index (χ0v) is 29.1. The Hall–Kier alpha value is -6.36. The fourth-order valence-electron chi connectivity index (χ4n) is 8.55. The molecule has 7 aromatic carbocycles. The van der Waals surface area contributed by atoms with Gasteiger partial charge in [-0.3, -0.25) is 0 Å². The van der Waals surface area contributed by atoms with Crippen LogP contribution in [0.1, 0.15) is 17.7 Å². The van der Waals surface area contributed by atoms with Gasteiger partial charge in [0.25, 0.3) is 0 Å². The van der Waals surface area contributed by atoms with Gasteiger partial charge >= 0.3 is 0 Å². The monoisotopic (exact) mass is 684 g/mol. The van der Waals surface area contributed by atoms with Gasteiger partial charge in [-0.1, -0.05) is 91.0 Å². The zero-order valence-electron chi connectivity index (χ0n) is 28.3. The van der Waals surface area contributed by atoms with Crippen LogP contribution in [0.3, 0.4) is 0 Å². The van der Waals surface area contributed by atoms with E-state index in [2.05, 4.69) is 149 Å². The molecule has 0 saturated heterocycles. The van der Waals surface area contributed by atoms with Crippen molar-refractivity contribution in [2.24, 2.45) is 0 Å². The van der Waals surface area contributed by atoms with E-state index >= 15 is 0 Å². The molecule has 3 heterocycles. The Bertz CT molecular complexity index is 3080. The van der Waals surface area contributed by atoms with Crippen molar-refractivity contribution in [1.82, 2.24) is 9.13 Å². The van der Waals surface area contributed by atoms with Gasteiger partial charge in [-0.25, -0.2) is 0 Å². The molecule has 3 nitrogen and oxygen atoms in total. The summed E-state index contributed by atoms with van der Waals surface area (Å²) in [6.45, 7) is 0. The fourth-order valence-corrected chi connectivity index (χ4v) is 9.80. The maximum absolute atomic E-state index is 10.6. The predicted molar refractivity (Wildman–Crippen MR) is 220 cm³/mol. The SMILES string of the molecule is Oc1ccccc1-c1cccc(-n2c3c(c4c5sc6ccc(-c7ccc8c(c7)c7ccccc7n8-c7ccccc7)cc6c5ccc42)CCC=C3)c1. The van der Waals surface area contributed by atoms with Crippen LogP contribution in [0, 0.1) is 0 Å². The maximum Gasteiger partial charge on any atom is 0.123 e. The molecule has 1 N–H and O–H groups in total. The zero-order chi connectivity index (χ0) is 34.3. The molecule has 0 saturated carbocycles. The quantitative estimate of drug-likeness (QED) is 0.196. The summed E-state index contributed by atoms with van der Waals surface area (Å²) in [6.07, 6.45) is 6.66. The molecule has 0 atom stereocenters. The molecule has 0 bridgehead atoms. The largest absolute Gasteiger partial charge is 0.507 e. The second-order valence-corrected chi connectivity index (χ2v) is 14.8. The lowest BCUT2D eigenvalue weighted by Gasteiger charge is -2.13. The van der Waals surface area contributed by atoms with E-state index in [0.29, 0.717) is 5.75 Å². The van der Waals surface area contributed by atoms with Gasteiger partial charge in [0.05, 0.1) is 16.6 Å².